The highest BCUT2D eigenvalue weighted by molar-refractivity contribution is 6.29. The number of ether oxygens (including phenoxy) is 7. The van der Waals surface area contributed by atoms with Gasteiger partial charge in [0.05, 0.1) is 49.8 Å². The summed E-state index contributed by atoms with van der Waals surface area (Å²) in [7, 11) is 10.4. The maximum atomic E-state index is 13.7. The summed E-state index contributed by atoms with van der Waals surface area (Å²) in [6.45, 7) is 0. The number of carbonyl (C=O) groups excluding carboxylic acids is 1. The quantitative estimate of drug-likeness (QED) is 0.273. The molecule has 2 N–H and O–H groups in total. The number of methoxy groups -OCH3 is 7. The van der Waals surface area contributed by atoms with Crippen LogP contribution in [0.15, 0.2) is 42.5 Å². The molecular formula is C28H31NO9. The van der Waals surface area contributed by atoms with E-state index in [4.69, 9.17) is 33.2 Å². The molecule has 0 fully saturated rings. The predicted molar refractivity (Wildman–Crippen MR) is 143 cm³/mol. The highest BCUT2D eigenvalue weighted by Crippen LogP contribution is 2.42. The fraction of sp³-hybridized carbons (Fsp3) is 0.250. The van der Waals surface area contributed by atoms with Gasteiger partial charge in [-0.1, -0.05) is 6.07 Å². The average molecular weight is 526 g/mol. The van der Waals surface area contributed by atoms with Gasteiger partial charge in [0, 0.05) is 23.4 Å². The van der Waals surface area contributed by atoms with Crippen molar-refractivity contribution in [2.24, 2.45) is 0 Å². The second-order valence-corrected chi connectivity index (χ2v) is 7.77. The molecule has 38 heavy (non-hydrogen) atoms. The third kappa shape index (κ3) is 5.80. The number of benzene rings is 3. The van der Waals surface area contributed by atoms with Crippen molar-refractivity contribution < 1.29 is 43.1 Å². The molecule has 0 bridgehead atoms. The highest BCUT2D eigenvalue weighted by atomic mass is 16.5. The van der Waals surface area contributed by atoms with E-state index in [9.17, 15) is 9.90 Å². The van der Waals surface area contributed by atoms with Crippen LogP contribution in [0.3, 0.4) is 0 Å². The molecule has 3 aromatic carbocycles. The van der Waals surface area contributed by atoms with Crippen LogP contribution in [0.1, 0.15) is 11.1 Å². The lowest BCUT2D eigenvalue weighted by atomic mass is 10.00. The van der Waals surface area contributed by atoms with Crippen molar-refractivity contribution in [1.29, 1.82) is 0 Å². The highest BCUT2D eigenvalue weighted by Gasteiger charge is 2.21. The van der Waals surface area contributed by atoms with Crippen molar-refractivity contribution in [3.63, 3.8) is 0 Å². The number of hydrogen-bond acceptors (Lipinski definition) is 9. The van der Waals surface area contributed by atoms with Crippen LogP contribution in [0.2, 0.25) is 0 Å². The van der Waals surface area contributed by atoms with E-state index in [1.165, 1.54) is 55.8 Å². The maximum Gasteiger partial charge on any atom is 0.256 e. The lowest BCUT2D eigenvalue weighted by Gasteiger charge is -2.17. The minimum absolute atomic E-state index is 0.0736. The van der Waals surface area contributed by atoms with Crippen LogP contribution in [-0.2, 0) is 4.79 Å². The summed E-state index contributed by atoms with van der Waals surface area (Å²) in [5.74, 6) is 2.02. The van der Waals surface area contributed by atoms with Gasteiger partial charge < -0.3 is 43.6 Å². The smallest absolute Gasteiger partial charge is 0.256 e. The zero-order chi connectivity index (χ0) is 27.8. The molecule has 0 aliphatic carbocycles. The summed E-state index contributed by atoms with van der Waals surface area (Å²) in [4.78, 5) is 13.7. The first-order valence-electron chi connectivity index (χ1n) is 11.3. The molecule has 0 spiro atoms. The maximum absolute atomic E-state index is 13.7. The third-order valence-electron chi connectivity index (χ3n) is 5.66. The van der Waals surface area contributed by atoms with Crippen molar-refractivity contribution >= 4 is 23.2 Å². The lowest BCUT2D eigenvalue weighted by molar-refractivity contribution is -0.111. The van der Waals surface area contributed by atoms with Gasteiger partial charge in [-0.15, -0.1) is 0 Å². The molecule has 0 saturated carbocycles. The molecule has 0 aliphatic rings. The Kier molecular flexibility index (Phi) is 9.15. The second-order valence-electron chi connectivity index (χ2n) is 7.77. The number of phenolic OH excluding ortho intramolecular Hbond substituents is 1. The van der Waals surface area contributed by atoms with Gasteiger partial charge in [-0.2, -0.15) is 0 Å². The largest absolute Gasteiger partial charge is 0.504 e. The fourth-order valence-corrected chi connectivity index (χ4v) is 3.83. The van der Waals surface area contributed by atoms with E-state index in [2.05, 4.69) is 5.32 Å². The Labute approximate surface area is 221 Å². The zero-order valence-electron chi connectivity index (χ0n) is 22.3. The van der Waals surface area contributed by atoms with Crippen LogP contribution >= 0.6 is 0 Å². The molecule has 0 aromatic heterocycles. The average Bonchev–Trinajstić information content (AvgIpc) is 2.94. The summed E-state index contributed by atoms with van der Waals surface area (Å²) in [5, 5.41) is 13.2. The van der Waals surface area contributed by atoms with Crippen LogP contribution in [0.25, 0.3) is 11.6 Å². The predicted octanol–water partition coefficient (Wildman–Crippen LogP) is 4.63. The van der Waals surface area contributed by atoms with Gasteiger partial charge in [-0.3, -0.25) is 4.79 Å². The van der Waals surface area contributed by atoms with Gasteiger partial charge in [0.2, 0.25) is 11.5 Å². The molecule has 0 atom stereocenters. The van der Waals surface area contributed by atoms with Crippen molar-refractivity contribution in [2.45, 2.75) is 0 Å². The molecular weight excluding hydrogens is 494 g/mol. The third-order valence-corrected chi connectivity index (χ3v) is 5.66. The molecule has 10 nitrogen and oxygen atoms in total. The van der Waals surface area contributed by atoms with Crippen LogP contribution < -0.4 is 38.5 Å². The molecule has 0 unspecified atom stereocenters. The minimum atomic E-state index is -0.469. The van der Waals surface area contributed by atoms with Crippen LogP contribution in [0, 0.1) is 0 Å². The Morgan fingerprint density at radius 2 is 1.13 bits per heavy atom. The van der Waals surface area contributed by atoms with E-state index < -0.39 is 5.91 Å². The van der Waals surface area contributed by atoms with E-state index in [0.29, 0.717) is 57.1 Å². The van der Waals surface area contributed by atoms with Gasteiger partial charge in [-0.25, -0.2) is 0 Å². The standard InChI is InChI=1S/C28H31NO9/c1-32-21-9-8-16(11-20(21)30)10-19(17-12-22(33-2)26(37-6)23(13-17)34-3)28(31)29-18-14-24(35-4)27(38-7)25(15-18)36-5/h8-15,30H,1-7H3,(H,29,31)/b19-10+. The molecule has 10 heteroatoms. The van der Waals surface area contributed by atoms with Crippen LogP contribution in [-0.4, -0.2) is 60.8 Å². The summed E-state index contributed by atoms with van der Waals surface area (Å²) < 4.78 is 37.7. The Bertz CT molecular complexity index is 1280. The Morgan fingerprint density at radius 1 is 0.658 bits per heavy atom. The topological polar surface area (TPSA) is 114 Å². The Morgan fingerprint density at radius 3 is 1.55 bits per heavy atom. The van der Waals surface area contributed by atoms with E-state index in [-0.39, 0.29) is 11.3 Å². The number of phenols is 1. The number of aromatic hydroxyl groups is 1. The number of rotatable bonds is 11. The first kappa shape index (κ1) is 27.9. The molecule has 3 aromatic rings. The van der Waals surface area contributed by atoms with Gasteiger partial charge >= 0.3 is 0 Å². The van der Waals surface area contributed by atoms with Crippen molar-refractivity contribution in [1.82, 2.24) is 0 Å². The molecule has 0 radical (unpaired) electrons. The van der Waals surface area contributed by atoms with Crippen LogP contribution in [0.4, 0.5) is 5.69 Å². The molecule has 1 amide bonds. The summed E-state index contributed by atoms with van der Waals surface area (Å²) in [6, 6.07) is 11.4. The number of amides is 1. The monoisotopic (exact) mass is 525 g/mol. The number of carbonyl (C=O) groups is 1. The van der Waals surface area contributed by atoms with E-state index in [0.717, 1.165) is 0 Å². The first-order chi connectivity index (χ1) is 18.3. The van der Waals surface area contributed by atoms with E-state index in [1.807, 2.05) is 0 Å². The minimum Gasteiger partial charge on any atom is -0.504 e. The number of hydrogen-bond donors (Lipinski definition) is 2. The van der Waals surface area contributed by atoms with Gasteiger partial charge in [0.1, 0.15) is 0 Å². The zero-order valence-corrected chi connectivity index (χ0v) is 22.3. The first-order valence-corrected chi connectivity index (χ1v) is 11.3. The molecule has 202 valence electrons. The van der Waals surface area contributed by atoms with E-state index in [1.54, 1.807) is 42.5 Å². The molecule has 0 aliphatic heterocycles. The lowest BCUT2D eigenvalue weighted by Crippen LogP contribution is -2.14. The summed E-state index contributed by atoms with van der Waals surface area (Å²) >= 11 is 0. The van der Waals surface area contributed by atoms with Crippen molar-refractivity contribution in [3.8, 4) is 46.0 Å². The molecule has 0 saturated heterocycles. The van der Waals surface area contributed by atoms with E-state index >= 15 is 0 Å². The van der Waals surface area contributed by atoms with Crippen LogP contribution in [0.5, 0.6) is 46.0 Å². The number of anilines is 1. The molecule has 3 rings (SSSR count). The van der Waals surface area contributed by atoms with Crippen molar-refractivity contribution in [2.75, 3.05) is 55.1 Å². The SMILES string of the molecule is COc1ccc(/C=C(/C(=O)Nc2cc(OC)c(OC)c(OC)c2)c2cc(OC)c(OC)c(OC)c2)cc1O. The van der Waals surface area contributed by atoms with Gasteiger partial charge in [0.15, 0.2) is 34.5 Å². The Hall–Kier alpha value is -4.73. The normalized spacial score (nSPS) is 10.9. The van der Waals surface area contributed by atoms with Gasteiger partial charge in [0.25, 0.3) is 5.91 Å². The number of nitrogens with one attached hydrogen (secondary N) is 1. The Balaban J connectivity index is 2.17. The second kappa shape index (κ2) is 12.5. The fourth-order valence-electron chi connectivity index (χ4n) is 3.83. The summed E-state index contributed by atoms with van der Waals surface area (Å²) in [6.07, 6.45) is 1.62. The molecule has 0 heterocycles. The summed E-state index contributed by atoms with van der Waals surface area (Å²) in [5.41, 5.74) is 1.66. The van der Waals surface area contributed by atoms with Crippen molar-refractivity contribution in [3.05, 3.63) is 53.6 Å². The van der Waals surface area contributed by atoms with Gasteiger partial charge in [-0.05, 0) is 41.5 Å².